The molecular weight excluding hydrogens is 246 g/mol. The first-order chi connectivity index (χ1) is 9.70. The van der Waals surface area contributed by atoms with Gasteiger partial charge in [0.05, 0.1) is 12.2 Å². The molecule has 0 fully saturated rings. The molecule has 0 saturated heterocycles. The van der Waals surface area contributed by atoms with Gasteiger partial charge in [-0.2, -0.15) is 0 Å². The van der Waals surface area contributed by atoms with Gasteiger partial charge in [-0.25, -0.2) is 0 Å². The number of hydrogen-bond donors (Lipinski definition) is 1. The van der Waals surface area contributed by atoms with E-state index in [-0.39, 0.29) is 0 Å². The number of benzene rings is 1. The maximum absolute atomic E-state index is 4.55. The first-order valence-corrected chi connectivity index (χ1v) is 7.12. The van der Waals surface area contributed by atoms with E-state index in [1.165, 1.54) is 16.8 Å². The van der Waals surface area contributed by atoms with Crippen LogP contribution in [0.5, 0.6) is 0 Å². The summed E-state index contributed by atoms with van der Waals surface area (Å²) in [5, 5.41) is 3.31. The van der Waals surface area contributed by atoms with Crippen molar-refractivity contribution < 1.29 is 0 Å². The highest BCUT2D eigenvalue weighted by molar-refractivity contribution is 5.52. The second kappa shape index (κ2) is 7.06. The lowest BCUT2D eigenvalue weighted by atomic mass is 10.2. The first kappa shape index (κ1) is 14.5. The molecule has 1 aromatic carbocycles. The lowest BCUT2D eigenvalue weighted by molar-refractivity contribution is 0.722. The van der Waals surface area contributed by atoms with Gasteiger partial charge in [0.1, 0.15) is 0 Å². The molecule has 0 bridgehead atoms. The van der Waals surface area contributed by atoms with Crippen molar-refractivity contribution in [3.05, 3.63) is 59.4 Å². The zero-order valence-electron chi connectivity index (χ0n) is 12.6. The van der Waals surface area contributed by atoms with Crippen LogP contribution in [0.25, 0.3) is 0 Å². The Balaban J connectivity index is 2.01. The van der Waals surface area contributed by atoms with Crippen LogP contribution in [0.15, 0.2) is 42.6 Å². The van der Waals surface area contributed by atoms with E-state index in [9.17, 15) is 0 Å². The van der Waals surface area contributed by atoms with Crippen LogP contribution in [0.2, 0.25) is 0 Å². The highest BCUT2D eigenvalue weighted by Crippen LogP contribution is 2.19. The Morgan fingerprint density at radius 2 is 1.95 bits per heavy atom. The summed E-state index contributed by atoms with van der Waals surface area (Å²) in [6.07, 6.45) is 1.96. The van der Waals surface area contributed by atoms with Gasteiger partial charge in [0.15, 0.2) is 0 Å². The van der Waals surface area contributed by atoms with E-state index < -0.39 is 0 Å². The van der Waals surface area contributed by atoms with Gasteiger partial charge >= 0.3 is 0 Å². The Bertz CT molecular complexity index is 534. The van der Waals surface area contributed by atoms with Crippen molar-refractivity contribution in [2.24, 2.45) is 0 Å². The zero-order valence-corrected chi connectivity index (χ0v) is 12.6. The van der Waals surface area contributed by atoms with Crippen LogP contribution in [0.4, 0.5) is 5.69 Å². The molecule has 0 unspecified atom stereocenters. The summed E-state index contributed by atoms with van der Waals surface area (Å²) in [5.41, 5.74) is 4.87. The van der Waals surface area contributed by atoms with Gasteiger partial charge < -0.3 is 10.2 Å². The van der Waals surface area contributed by atoms with E-state index in [4.69, 9.17) is 0 Å². The van der Waals surface area contributed by atoms with Crippen molar-refractivity contribution in [3.8, 4) is 0 Å². The SMILES string of the molecule is CCNCc1ccc(CN(C)c2ccccc2C)nc1. The molecule has 0 amide bonds. The molecule has 3 heteroatoms. The molecule has 0 saturated carbocycles. The van der Waals surface area contributed by atoms with Gasteiger partial charge in [0, 0.05) is 25.5 Å². The predicted octanol–water partition coefficient (Wildman–Crippen LogP) is 3.14. The molecule has 0 aliphatic rings. The third-order valence-electron chi connectivity index (χ3n) is 3.39. The lowest BCUT2D eigenvalue weighted by Gasteiger charge is -2.21. The summed E-state index contributed by atoms with van der Waals surface area (Å²) in [6, 6.07) is 12.7. The predicted molar refractivity (Wildman–Crippen MR) is 84.9 cm³/mol. The molecule has 0 spiro atoms. The quantitative estimate of drug-likeness (QED) is 0.873. The molecule has 0 atom stereocenters. The number of aromatic nitrogens is 1. The summed E-state index contributed by atoms with van der Waals surface area (Å²) < 4.78 is 0. The third-order valence-corrected chi connectivity index (χ3v) is 3.39. The van der Waals surface area contributed by atoms with Crippen LogP contribution < -0.4 is 10.2 Å². The topological polar surface area (TPSA) is 28.2 Å². The summed E-state index contributed by atoms with van der Waals surface area (Å²) in [7, 11) is 2.11. The minimum atomic E-state index is 0.826. The maximum atomic E-state index is 4.55. The molecule has 20 heavy (non-hydrogen) atoms. The van der Waals surface area contributed by atoms with E-state index in [0.29, 0.717) is 0 Å². The summed E-state index contributed by atoms with van der Waals surface area (Å²) in [5.74, 6) is 0. The second-order valence-corrected chi connectivity index (χ2v) is 5.08. The van der Waals surface area contributed by atoms with Gasteiger partial charge in [-0.1, -0.05) is 31.2 Å². The fraction of sp³-hybridized carbons (Fsp3) is 0.353. The second-order valence-electron chi connectivity index (χ2n) is 5.08. The van der Waals surface area contributed by atoms with Crippen molar-refractivity contribution in [1.82, 2.24) is 10.3 Å². The zero-order chi connectivity index (χ0) is 14.4. The highest BCUT2D eigenvalue weighted by Gasteiger charge is 2.05. The normalized spacial score (nSPS) is 10.6. The van der Waals surface area contributed by atoms with Gasteiger partial charge in [-0.15, -0.1) is 0 Å². The number of anilines is 1. The van der Waals surface area contributed by atoms with Gasteiger partial charge in [0.2, 0.25) is 0 Å². The standard InChI is InChI=1S/C17H23N3/c1-4-18-11-15-9-10-16(19-12-15)13-20(3)17-8-6-5-7-14(17)2/h5-10,12,18H,4,11,13H2,1-3H3. The average molecular weight is 269 g/mol. The number of hydrogen-bond acceptors (Lipinski definition) is 3. The lowest BCUT2D eigenvalue weighted by Crippen LogP contribution is -2.18. The molecule has 106 valence electrons. The monoisotopic (exact) mass is 269 g/mol. The number of nitrogens with zero attached hydrogens (tertiary/aromatic N) is 2. The van der Waals surface area contributed by atoms with Crippen LogP contribution in [-0.2, 0) is 13.1 Å². The molecule has 0 radical (unpaired) electrons. The van der Waals surface area contributed by atoms with Crippen molar-refractivity contribution in [2.75, 3.05) is 18.5 Å². The highest BCUT2D eigenvalue weighted by atomic mass is 15.1. The Morgan fingerprint density at radius 3 is 2.60 bits per heavy atom. The van der Waals surface area contributed by atoms with Crippen LogP contribution in [0, 0.1) is 6.92 Å². The van der Waals surface area contributed by atoms with Gasteiger partial charge in [-0.3, -0.25) is 4.98 Å². The minimum Gasteiger partial charge on any atom is -0.368 e. The molecule has 1 heterocycles. The molecule has 0 aliphatic carbocycles. The number of aryl methyl sites for hydroxylation is 1. The Kier molecular flexibility index (Phi) is 5.13. The maximum Gasteiger partial charge on any atom is 0.0598 e. The summed E-state index contributed by atoms with van der Waals surface area (Å²) in [6.45, 7) is 6.94. The van der Waals surface area contributed by atoms with Crippen molar-refractivity contribution >= 4 is 5.69 Å². The Labute approximate surface area is 121 Å². The molecule has 2 rings (SSSR count). The van der Waals surface area contributed by atoms with Crippen LogP contribution in [0.3, 0.4) is 0 Å². The smallest absolute Gasteiger partial charge is 0.0598 e. The number of nitrogens with one attached hydrogen (secondary N) is 1. The largest absolute Gasteiger partial charge is 0.368 e. The van der Waals surface area contributed by atoms with E-state index >= 15 is 0 Å². The van der Waals surface area contributed by atoms with E-state index in [0.717, 1.165) is 25.3 Å². The van der Waals surface area contributed by atoms with Crippen LogP contribution in [0.1, 0.15) is 23.7 Å². The third kappa shape index (κ3) is 3.81. The molecule has 1 N–H and O–H groups in total. The van der Waals surface area contributed by atoms with Crippen molar-refractivity contribution in [3.63, 3.8) is 0 Å². The molecular formula is C17H23N3. The first-order valence-electron chi connectivity index (χ1n) is 7.12. The Morgan fingerprint density at radius 1 is 1.15 bits per heavy atom. The van der Waals surface area contributed by atoms with E-state index in [1.807, 2.05) is 6.20 Å². The summed E-state index contributed by atoms with van der Waals surface area (Å²) >= 11 is 0. The number of para-hydroxylation sites is 1. The van der Waals surface area contributed by atoms with Crippen LogP contribution in [-0.4, -0.2) is 18.6 Å². The van der Waals surface area contributed by atoms with Crippen LogP contribution >= 0.6 is 0 Å². The molecule has 2 aromatic rings. The van der Waals surface area contributed by atoms with Gasteiger partial charge in [-0.05, 0) is 36.7 Å². The fourth-order valence-corrected chi connectivity index (χ4v) is 2.24. The summed E-state index contributed by atoms with van der Waals surface area (Å²) in [4.78, 5) is 6.78. The van der Waals surface area contributed by atoms with Gasteiger partial charge in [0.25, 0.3) is 0 Å². The average Bonchev–Trinajstić information content (AvgIpc) is 2.47. The Hall–Kier alpha value is -1.87. The number of pyridine rings is 1. The minimum absolute atomic E-state index is 0.826. The fourth-order valence-electron chi connectivity index (χ4n) is 2.24. The molecule has 1 aromatic heterocycles. The molecule has 3 nitrogen and oxygen atoms in total. The van der Waals surface area contributed by atoms with Crippen molar-refractivity contribution in [2.45, 2.75) is 26.9 Å². The van der Waals surface area contributed by atoms with E-state index in [1.54, 1.807) is 0 Å². The number of rotatable bonds is 6. The van der Waals surface area contributed by atoms with Crippen molar-refractivity contribution in [1.29, 1.82) is 0 Å². The molecule has 0 aliphatic heterocycles. The van der Waals surface area contributed by atoms with E-state index in [2.05, 4.69) is 72.5 Å².